The van der Waals surface area contributed by atoms with E-state index >= 15 is 0 Å². The molecular weight excluding hydrogens is 231 g/mol. The summed E-state index contributed by atoms with van der Waals surface area (Å²) in [6, 6.07) is 0. The third-order valence-corrected chi connectivity index (χ3v) is 3.71. The van der Waals surface area contributed by atoms with Gasteiger partial charge in [0.05, 0.1) is 0 Å². The predicted molar refractivity (Wildman–Crippen MR) is 58.1 cm³/mol. The van der Waals surface area contributed by atoms with E-state index in [0.717, 1.165) is 6.61 Å². The molecule has 0 N–H and O–H groups in total. The van der Waals surface area contributed by atoms with Crippen LogP contribution in [0.3, 0.4) is 0 Å². The van der Waals surface area contributed by atoms with Crippen LogP contribution < -0.4 is 0 Å². The van der Waals surface area contributed by atoms with Crippen molar-refractivity contribution < 1.29 is 24.1 Å². The minimum Gasteiger partial charge on any atom is -0.147 e. The Kier molecular flexibility index (Phi) is 5.14. The van der Waals surface area contributed by atoms with Gasteiger partial charge in [-0.25, -0.2) is 0 Å². The second-order valence-corrected chi connectivity index (χ2v) is 4.72. The molecule has 1 aliphatic rings. The first-order valence-electron chi connectivity index (χ1n) is 4.60. The first kappa shape index (κ1) is 14.4. The van der Waals surface area contributed by atoms with Crippen LogP contribution in [0.25, 0.3) is 0 Å². The summed E-state index contributed by atoms with van der Waals surface area (Å²) in [5.74, 6) is 0. The van der Waals surface area contributed by atoms with Crippen LogP contribution in [0, 0.1) is 5.41 Å². The normalized spacial score (nSPS) is 20.0. The van der Waals surface area contributed by atoms with Crippen molar-refractivity contribution in [2.24, 2.45) is 5.41 Å². The van der Waals surface area contributed by atoms with Crippen molar-refractivity contribution in [1.82, 2.24) is 0 Å². The monoisotopic (exact) mass is 249 g/mol. The number of allylic oxidation sites excluding steroid dienone is 3. The number of hydrogen-bond acceptors (Lipinski definition) is 1. The molecule has 0 unspecified atom stereocenters. The predicted octanol–water partition coefficient (Wildman–Crippen LogP) is 3.58. The van der Waals surface area contributed by atoms with Crippen molar-refractivity contribution in [3.05, 3.63) is 22.3 Å². The Hall–Kier alpha value is 0.444. The van der Waals surface area contributed by atoms with E-state index in [1.165, 1.54) is 22.3 Å². The van der Waals surface area contributed by atoms with Gasteiger partial charge in [0.2, 0.25) is 0 Å². The van der Waals surface area contributed by atoms with E-state index in [-0.39, 0.29) is 17.8 Å². The van der Waals surface area contributed by atoms with Gasteiger partial charge in [0.25, 0.3) is 0 Å². The van der Waals surface area contributed by atoms with Crippen molar-refractivity contribution in [1.29, 1.82) is 0 Å². The number of hydrogen-bond donors (Lipinski definition) is 0. The Morgan fingerprint density at radius 1 is 1.14 bits per heavy atom. The molecule has 79 valence electrons. The summed E-state index contributed by atoms with van der Waals surface area (Å²) in [6.45, 7) is 11.9. The molecule has 0 aromatic heterocycles. The van der Waals surface area contributed by atoms with Gasteiger partial charge in [-0.2, -0.15) is 0 Å². The van der Waals surface area contributed by atoms with Crippen molar-refractivity contribution in [2.75, 3.05) is 6.61 Å². The second kappa shape index (κ2) is 4.98. The fourth-order valence-electron chi connectivity index (χ4n) is 2.03. The van der Waals surface area contributed by atoms with Crippen LogP contribution in [-0.4, -0.2) is 6.61 Å². The summed E-state index contributed by atoms with van der Waals surface area (Å²) in [6.07, 6.45) is 0. The molecule has 0 saturated heterocycles. The molecule has 3 heteroatoms. The smallest absolute Gasteiger partial charge is 0.147 e. The fourth-order valence-corrected chi connectivity index (χ4v) is 2.26. The zero-order chi connectivity index (χ0) is 10.2. The molecule has 1 nitrogen and oxygen atoms in total. The van der Waals surface area contributed by atoms with Crippen LogP contribution in [0.4, 0.5) is 0 Å². The van der Waals surface area contributed by atoms with Gasteiger partial charge >= 0.3 is 93.1 Å². The van der Waals surface area contributed by atoms with Gasteiger partial charge in [-0.05, 0) is 0 Å². The summed E-state index contributed by atoms with van der Waals surface area (Å²) < 4.78 is 5.24. The van der Waals surface area contributed by atoms with Crippen LogP contribution in [0.15, 0.2) is 22.3 Å². The van der Waals surface area contributed by atoms with Crippen molar-refractivity contribution in [3.63, 3.8) is 0 Å². The Morgan fingerprint density at radius 3 is 1.93 bits per heavy atom. The van der Waals surface area contributed by atoms with Gasteiger partial charge in [0.1, 0.15) is 0 Å². The van der Waals surface area contributed by atoms with Crippen molar-refractivity contribution >= 4 is 12.4 Å². The molecule has 1 aliphatic carbocycles. The standard InChI is InChI=1S/C11H17O.ClH.Ti/c1-7-8(2)10(6-12)11(4,5)9(7)3;;/h6H2,1-5H3;1H;/q-1;;+1. The molecule has 0 saturated carbocycles. The minimum atomic E-state index is 0. The van der Waals surface area contributed by atoms with E-state index in [0.29, 0.717) is 0 Å². The maximum atomic E-state index is 5.24. The molecule has 0 heterocycles. The molecular formula is C11H18ClOTi. The van der Waals surface area contributed by atoms with E-state index in [1.54, 1.807) is 20.8 Å². The van der Waals surface area contributed by atoms with E-state index in [9.17, 15) is 0 Å². The summed E-state index contributed by atoms with van der Waals surface area (Å²) in [5, 5.41) is 0. The van der Waals surface area contributed by atoms with Crippen LogP contribution in [-0.2, 0) is 24.1 Å². The van der Waals surface area contributed by atoms with Crippen LogP contribution >= 0.6 is 12.4 Å². The first-order chi connectivity index (χ1) is 5.92. The van der Waals surface area contributed by atoms with Gasteiger partial charge < -0.3 is 0 Å². The Morgan fingerprint density at radius 2 is 1.64 bits per heavy atom. The van der Waals surface area contributed by atoms with Crippen molar-refractivity contribution in [2.45, 2.75) is 34.6 Å². The molecule has 0 aromatic rings. The van der Waals surface area contributed by atoms with Crippen LogP contribution in [0.1, 0.15) is 34.6 Å². The van der Waals surface area contributed by atoms with Crippen molar-refractivity contribution in [3.8, 4) is 0 Å². The zero-order valence-corrected chi connectivity index (χ0v) is 11.9. The first-order valence-corrected chi connectivity index (χ1v) is 5.23. The van der Waals surface area contributed by atoms with E-state index < -0.39 is 0 Å². The van der Waals surface area contributed by atoms with Gasteiger partial charge in [-0.3, -0.25) is 0 Å². The van der Waals surface area contributed by atoms with Crippen LogP contribution in [0.2, 0.25) is 0 Å². The topological polar surface area (TPSA) is 9.23 Å². The Bertz CT molecular complexity index is 290. The van der Waals surface area contributed by atoms with E-state index in [2.05, 4.69) is 34.6 Å². The van der Waals surface area contributed by atoms with Gasteiger partial charge in [0, 0.05) is 0 Å². The molecule has 0 aliphatic heterocycles. The van der Waals surface area contributed by atoms with Crippen LogP contribution in [0.5, 0.6) is 0 Å². The summed E-state index contributed by atoms with van der Waals surface area (Å²) >= 11 is 1.76. The summed E-state index contributed by atoms with van der Waals surface area (Å²) in [5.41, 5.74) is 5.98. The number of rotatable bonds is 2. The maximum absolute atomic E-state index is 5.24. The third-order valence-electron chi connectivity index (χ3n) is 3.49. The summed E-state index contributed by atoms with van der Waals surface area (Å²) in [7, 11) is 0. The quantitative estimate of drug-likeness (QED) is 0.680. The average Bonchev–Trinajstić information content (AvgIpc) is 2.20. The van der Waals surface area contributed by atoms with Gasteiger partial charge in [-0.15, -0.1) is 12.4 Å². The molecule has 0 bridgehead atoms. The van der Waals surface area contributed by atoms with E-state index in [4.69, 9.17) is 3.32 Å². The Labute approximate surface area is 105 Å². The molecule has 14 heavy (non-hydrogen) atoms. The minimum absolute atomic E-state index is 0. The third kappa shape index (κ3) is 2.16. The molecule has 0 aromatic carbocycles. The number of halogens is 1. The summed E-state index contributed by atoms with van der Waals surface area (Å²) in [4.78, 5) is 0. The largest absolute Gasteiger partial charge is 0.147 e. The fraction of sp³-hybridized carbons (Fsp3) is 0.636. The maximum Gasteiger partial charge on any atom is -0.147 e. The molecule has 0 radical (unpaired) electrons. The molecule has 1 rings (SSSR count). The average molecular weight is 250 g/mol. The Balaban J connectivity index is 0.00000169. The SMILES string of the molecule is CC1=C(C)C(C)(C)C(C[O][Ti])=C1C.Cl. The van der Waals surface area contributed by atoms with E-state index in [1.807, 2.05) is 0 Å². The van der Waals surface area contributed by atoms with Gasteiger partial charge in [0.15, 0.2) is 0 Å². The molecule has 0 amide bonds. The zero-order valence-electron chi connectivity index (χ0n) is 9.52. The molecule has 0 atom stereocenters. The molecule has 0 fully saturated rings. The van der Waals surface area contributed by atoms with Gasteiger partial charge in [-0.1, -0.05) is 0 Å². The second-order valence-electron chi connectivity index (χ2n) is 4.27. The molecule has 0 spiro atoms.